The highest BCUT2D eigenvalue weighted by Gasteiger charge is 2.55. The minimum absolute atomic E-state index is 0.0177. The summed E-state index contributed by atoms with van der Waals surface area (Å²) in [7, 11) is 1.42. The van der Waals surface area contributed by atoms with E-state index in [1.807, 2.05) is 6.08 Å². The zero-order valence-electron chi connectivity index (χ0n) is 14.1. The average Bonchev–Trinajstić information content (AvgIpc) is 2.48. The summed E-state index contributed by atoms with van der Waals surface area (Å²) >= 11 is 0. The van der Waals surface area contributed by atoms with E-state index in [0.29, 0.717) is 23.8 Å². The number of aliphatic carboxylic acids is 1. The molecule has 0 heterocycles. The first kappa shape index (κ1) is 17.0. The van der Waals surface area contributed by atoms with Crippen molar-refractivity contribution in [2.24, 2.45) is 22.7 Å². The van der Waals surface area contributed by atoms with Crippen molar-refractivity contribution in [3.05, 3.63) is 11.6 Å². The summed E-state index contributed by atoms with van der Waals surface area (Å²) in [5.74, 6) is -0.157. The molecule has 0 aromatic rings. The molecule has 0 saturated heterocycles. The summed E-state index contributed by atoms with van der Waals surface area (Å²) < 4.78 is 4.80. The number of allylic oxidation sites excluding steroid dienone is 1. The van der Waals surface area contributed by atoms with Crippen LogP contribution < -0.4 is 0 Å². The van der Waals surface area contributed by atoms with Crippen molar-refractivity contribution in [3.8, 4) is 0 Å². The van der Waals surface area contributed by atoms with Gasteiger partial charge in [0.15, 0.2) is 0 Å². The molecule has 4 heteroatoms. The molecule has 4 atom stereocenters. The van der Waals surface area contributed by atoms with Gasteiger partial charge in [0.2, 0.25) is 0 Å². The summed E-state index contributed by atoms with van der Waals surface area (Å²) in [4.78, 5) is 23.3. The highest BCUT2D eigenvalue weighted by Crippen LogP contribution is 2.61. The van der Waals surface area contributed by atoms with Crippen molar-refractivity contribution in [1.29, 1.82) is 0 Å². The second-order valence-corrected chi connectivity index (χ2v) is 7.49. The van der Waals surface area contributed by atoms with Crippen LogP contribution in [0.2, 0.25) is 0 Å². The summed E-state index contributed by atoms with van der Waals surface area (Å²) in [5, 5.41) is 9.59. The number of carboxylic acids is 1. The maximum Gasteiger partial charge on any atom is 0.331 e. The Balaban J connectivity index is 2.32. The molecule has 0 bridgehead atoms. The second-order valence-electron chi connectivity index (χ2n) is 7.49. The predicted octanol–water partition coefficient (Wildman–Crippen LogP) is 3.80. The van der Waals surface area contributed by atoms with E-state index in [-0.39, 0.29) is 16.8 Å². The third kappa shape index (κ3) is 2.68. The quantitative estimate of drug-likeness (QED) is 0.802. The molecule has 1 N–H and O–H groups in total. The molecule has 1 unspecified atom stereocenters. The first-order valence-corrected chi connectivity index (χ1v) is 8.26. The van der Waals surface area contributed by atoms with Gasteiger partial charge in [-0.1, -0.05) is 26.8 Å². The van der Waals surface area contributed by atoms with Gasteiger partial charge in [0.05, 0.1) is 7.11 Å². The molecule has 124 valence electrons. The molecule has 1 fully saturated rings. The van der Waals surface area contributed by atoms with Crippen LogP contribution >= 0.6 is 0 Å². The molecule has 0 spiro atoms. The van der Waals surface area contributed by atoms with Crippen LogP contribution in [0.15, 0.2) is 11.6 Å². The van der Waals surface area contributed by atoms with Crippen LogP contribution in [0.3, 0.4) is 0 Å². The van der Waals surface area contributed by atoms with Crippen LogP contribution in [0.1, 0.15) is 59.3 Å². The SMILES string of the molecule is COC(=O)CC[C@]1(C)C2CCC=C(C(=O)O)[C@]2(C)CC[C@H]1C. The van der Waals surface area contributed by atoms with E-state index < -0.39 is 5.97 Å². The van der Waals surface area contributed by atoms with Crippen LogP contribution in [-0.2, 0) is 14.3 Å². The lowest BCUT2D eigenvalue weighted by molar-refractivity contribution is -0.144. The lowest BCUT2D eigenvalue weighted by atomic mass is 9.47. The first-order chi connectivity index (χ1) is 10.3. The number of carbonyl (C=O) groups excluding carboxylic acids is 1. The third-order valence-corrected chi connectivity index (χ3v) is 6.53. The van der Waals surface area contributed by atoms with E-state index >= 15 is 0 Å². The monoisotopic (exact) mass is 308 g/mol. The zero-order chi connectivity index (χ0) is 16.5. The Morgan fingerprint density at radius 3 is 2.64 bits per heavy atom. The number of carboxylic acid groups (broad SMARTS) is 1. The molecule has 2 rings (SSSR count). The molecule has 0 aromatic heterocycles. The molecule has 0 aromatic carbocycles. The molecular weight excluding hydrogens is 280 g/mol. The van der Waals surface area contributed by atoms with Gasteiger partial charge >= 0.3 is 11.9 Å². The van der Waals surface area contributed by atoms with Gasteiger partial charge in [0.1, 0.15) is 0 Å². The van der Waals surface area contributed by atoms with Gasteiger partial charge in [0.25, 0.3) is 0 Å². The fourth-order valence-electron chi connectivity index (χ4n) is 4.92. The maximum atomic E-state index is 11.7. The molecule has 0 radical (unpaired) electrons. The highest BCUT2D eigenvalue weighted by molar-refractivity contribution is 5.88. The first-order valence-electron chi connectivity index (χ1n) is 8.26. The number of rotatable bonds is 4. The summed E-state index contributed by atoms with van der Waals surface area (Å²) in [6, 6.07) is 0. The molecule has 2 aliphatic rings. The number of esters is 1. The van der Waals surface area contributed by atoms with Gasteiger partial charge in [-0.05, 0) is 49.4 Å². The van der Waals surface area contributed by atoms with Gasteiger partial charge in [-0.15, -0.1) is 0 Å². The number of ether oxygens (including phenoxy) is 1. The second kappa shape index (κ2) is 6.05. The molecule has 0 amide bonds. The molecule has 4 nitrogen and oxygen atoms in total. The van der Waals surface area contributed by atoms with Crippen molar-refractivity contribution >= 4 is 11.9 Å². The molecule has 22 heavy (non-hydrogen) atoms. The van der Waals surface area contributed by atoms with Gasteiger partial charge in [-0.2, -0.15) is 0 Å². The number of carbonyl (C=O) groups is 2. The third-order valence-electron chi connectivity index (χ3n) is 6.53. The molecular formula is C18H28O4. The maximum absolute atomic E-state index is 11.7. The Morgan fingerprint density at radius 2 is 2.05 bits per heavy atom. The van der Waals surface area contributed by atoms with Gasteiger partial charge in [-0.25, -0.2) is 4.79 Å². The van der Waals surface area contributed by atoms with Gasteiger partial charge < -0.3 is 9.84 Å². The Labute approximate surface area is 132 Å². The van der Waals surface area contributed by atoms with Crippen molar-refractivity contribution in [3.63, 3.8) is 0 Å². The number of hydrogen-bond donors (Lipinski definition) is 1. The lowest BCUT2D eigenvalue weighted by Crippen LogP contribution is -2.51. The Kier molecular flexibility index (Phi) is 4.69. The normalized spacial score (nSPS) is 37.9. The summed E-state index contributed by atoms with van der Waals surface area (Å²) in [6.45, 7) is 6.60. The van der Waals surface area contributed by atoms with Crippen molar-refractivity contribution in [2.75, 3.05) is 7.11 Å². The zero-order valence-corrected chi connectivity index (χ0v) is 14.1. The van der Waals surface area contributed by atoms with E-state index in [1.165, 1.54) is 7.11 Å². The van der Waals surface area contributed by atoms with E-state index in [1.54, 1.807) is 0 Å². The Hall–Kier alpha value is -1.32. The minimum Gasteiger partial charge on any atom is -0.478 e. The van der Waals surface area contributed by atoms with Gasteiger partial charge in [0, 0.05) is 17.4 Å². The smallest absolute Gasteiger partial charge is 0.331 e. The number of fused-ring (bicyclic) bond motifs is 1. The molecule has 1 saturated carbocycles. The Morgan fingerprint density at radius 1 is 1.36 bits per heavy atom. The van der Waals surface area contributed by atoms with Crippen LogP contribution in [0.4, 0.5) is 0 Å². The number of hydrogen-bond acceptors (Lipinski definition) is 3. The van der Waals surface area contributed by atoms with E-state index in [4.69, 9.17) is 4.74 Å². The van der Waals surface area contributed by atoms with Crippen LogP contribution in [0, 0.1) is 22.7 Å². The van der Waals surface area contributed by atoms with Crippen LogP contribution in [0.5, 0.6) is 0 Å². The molecule has 2 aliphatic carbocycles. The Bertz CT molecular complexity index is 495. The fraction of sp³-hybridized carbons (Fsp3) is 0.778. The summed E-state index contributed by atoms with van der Waals surface area (Å²) in [6.07, 6.45) is 6.86. The van der Waals surface area contributed by atoms with E-state index in [9.17, 15) is 14.7 Å². The van der Waals surface area contributed by atoms with E-state index in [2.05, 4.69) is 20.8 Å². The number of methoxy groups -OCH3 is 1. The van der Waals surface area contributed by atoms with Crippen molar-refractivity contribution in [1.82, 2.24) is 0 Å². The minimum atomic E-state index is -0.780. The lowest BCUT2D eigenvalue weighted by Gasteiger charge is -2.57. The largest absolute Gasteiger partial charge is 0.478 e. The average molecular weight is 308 g/mol. The highest BCUT2D eigenvalue weighted by atomic mass is 16.5. The van der Waals surface area contributed by atoms with Crippen molar-refractivity contribution < 1.29 is 19.4 Å². The standard InChI is InChI=1S/C18H28O4/c1-12-8-10-18(3)13(16(20)21)6-5-7-14(18)17(12,2)11-9-15(19)22-4/h6,12,14H,5,7-11H2,1-4H3,(H,20,21)/t12-,14?,17+,18+/m1/s1. The van der Waals surface area contributed by atoms with E-state index in [0.717, 1.165) is 32.1 Å². The van der Waals surface area contributed by atoms with Crippen LogP contribution in [-0.4, -0.2) is 24.2 Å². The van der Waals surface area contributed by atoms with Gasteiger partial charge in [-0.3, -0.25) is 4.79 Å². The fourth-order valence-corrected chi connectivity index (χ4v) is 4.92. The van der Waals surface area contributed by atoms with Crippen LogP contribution in [0.25, 0.3) is 0 Å². The molecule has 0 aliphatic heterocycles. The topological polar surface area (TPSA) is 63.6 Å². The predicted molar refractivity (Wildman–Crippen MR) is 84.3 cm³/mol. The van der Waals surface area contributed by atoms with Crippen molar-refractivity contribution in [2.45, 2.75) is 59.3 Å². The summed E-state index contributed by atoms with van der Waals surface area (Å²) in [5.41, 5.74) is 0.289.